The molecule has 5 aromatic rings. The minimum atomic E-state index is 0. The minimum absolute atomic E-state index is 0. The first-order valence-electron chi connectivity index (χ1n) is 9.62. The second kappa shape index (κ2) is 16.4. The summed E-state index contributed by atoms with van der Waals surface area (Å²) in [7, 11) is 0. The van der Waals surface area contributed by atoms with Crippen molar-refractivity contribution in [3.8, 4) is 44.5 Å². The van der Waals surface area contributed by atoms with Crippen LogP contribution in [0.15, 0.2) is 84.9 Å². The Morgan fingerprint density at radius 2 is 0.559 bits per heavy atom. The van der Waals surface area contributed by atoms with Crippen LogP contribution in [0.4, 0.5) is 0 Å². The summed E-state index contributed by atoms with van der Waals surface area (Å²) in [5.41, 5.74) is 7.69. The van der Waals surface area contributed by atoms with E-state index in [1.54, 1.807) is 0 Å². The van der Waals surface area contributed by atoms with Gasteiger partial charge in [-0.25, -0.2) is 117 Å². The number of hydrogen-bond acceptors (Lipinski definition) is 0. The van der Waals surface area contributed by atoms with E-state index in [1.807, 2.05) is 84.9 Å². The van der Waals surface area contributed by atoms with Gasteiger partial charge in [0.15, 0.2) is 0 Å². The van der Waals surface area contributed by atoms with Crippen LogP contribution in [0.3, 0.4) is 0 Å². The maximum atomic E-state index is 3.33. The standard InChI is InChI=1S/C30H14.4Y/c1-3-7-23(8-4-1)25-11-15-27(16-12-25)29-19-21-30(22-20-29)28-17-13-26(14-18-28)24-9-5-2-6-10-24;;;;/h1-7,9,11,13,16,18-19,22H;;;;/q-8;;;;. The number of hydrogen-bond donors (Lipinski definition) is 0. The summed E-state index contributed by atoms with van der Waals surface area (Å²) in [6.45, 7) is 0. The van der Waals surface area contributed by atoms with Crippen molar-refractivity contribution in [3.63, 3.8) is 0 Å². The molecule has 0 saturated carbocycles. The largest absolute Gasteiger partial charge is 0.247 e. The zero-order valence-corrected chi connectivity index (χ0v) is 29.7. The van der Waals surface area contributed by atoms with E-state index in [0.29, 0.717) is 0 Å². The summed E-state index contributed by atoms with van der Waals surface area (Å²) >= 11 is 0. The molecule has 5 aromatic carbocycles. The van der Waals surface area contributed by atoms with Gasteiger partial charge in [0.25, 0.3) is 0 Å². The molecule has 0 heterocycles. The quantitative estimate of drug-likeness (QED) is 0.180. The molecule has 0 unspecified atom stereocenters. The van der Waals surface area contributed by atoms with E-state index in [0.717, 1.165) is 44.5 Å². The molecule has 0 aromatic heterocycles. The maximum Gasteiger partial charge on any atom is 0 e. The Balaban J connectivity index is 0.00000144. The fraction of sp³-hybridized carbons (Fsp3) is 0. The molecule has 0 bridgehead atoms. The molecule has 0 nitrogen and oxygen atoms in total. The molecule has 154 valence electrons. The molecule has 5 rings (SSSR count). The van der Waals surface area contributed by atoms with Gasteiger partial charge >= 0.3 is 0 Å². The number of rotatable bonds is 4. The second-order valence-electron chi connectivity index (χ2n) is 6.77. The third kappa shape index (κ3) is 8.26. The SMILES string of the molecule is [Y].[Y].[Y].[Y].[c-]1cc(-c2[c-]cc(-c3[c-]cccc3)[c-]c2)[c-]cc1-c1[c-]cc(-c2[c-]cccc2)[c-]c1. The van der Waals surface area contributed by atoms with E-state index >= 15 is 0 Å². The molecule has 0 atom stereocenters. The van der Waals surface area contributed by atoms with Gasteiger partial charge in [-0.05, 0) is 0 Å². The second-order valence-corrected chi connectivity index (χ2v) is 6.77. The monoisotopic (exact) mass is 730 g/mol. The third-order valence-electron chi connectivity index (χ3n) is 4.81. The van der Waals surface area contributed by atoms with Gasteiger partial charge in [-0.2, -0.15) is 48.5 Å². The number of benzene rings is 5. The average Bonchev–Trinajstić information content (AvgIpc) is 2.85. The summed E-state index contributed by atoms with van der Waals surface area (Å²) in [6.07, 6.45) is 0. The minimum Gasteiger partial charge on any atom is -0.247 e. The zero-order chi connectivity index (χ0) is 20.2. The van der Waals surface area contributed by atoms with Crippen LogP contribution in [0.2, 0.25) is 0 Å². The molecule has 0 spiro atoms. The van der Waals surface area contributed by atoms with Crippen molar-refractivity contribution in [2.75, 3.05) is 0 Å². The van der Waals surface area contributed by atoms with Crippen molar-refractivity contribution in [3.05, 3.63) is 133 Å². The summed E-state index contributed by atoms with van der Waals surface area (Å²) in [5.74, 6) is 0. The molecule has 0 aliphatic carbocycles. The van der Waals surface area contributed by atoms with Gasteiger partial charge in [-0.3, -0.25) is 0 Å². The van der Waals surface area contributed by atoms with Crippen molar-refractivity contribution < 1.29 is 131 Å². The van der Waals surface area contributed by atoms with Crippen molar-refractivity contribution in [2.45, 2.75) is 0 Å². The first-order chi connectivity index (χ1) is 14.9. The van der Waals surface area contributed by atoms with E-state index in [2.05, 4.69) is 48.5 Å². The summed E-state index contributed by atoms with van der Waals surface area (Å²) in [6, 6.07) is 53.6. The van der Waals surface area contributed by atoms with Crippen LogP contribution >= 0.6 is 0 Å². The van der Waals surface area contributed by atoms with Crippen LogP contribution in [0, 0.1) is 48.5 Å². The van der Waals surface area contributed by atoms with E-state index in [-0.39, 0.29) is 131 Å². The third-order valence-corrected chi connectivity index (χ3v) is 4.81. The summed E-state index contributed by atoms with van der Waals surface area (Å²) in [5, 5.41) is 0. The van der Waals surface area contributed by atoms with Crippen molar-refractivity contribution in [1.29, 1.82) is 0 Å². The van der Waals surface area contributed by atoms with Gasteiger partial charge in [0.2, 0.25) is 0 Å². The van der Waals surface area contributed by atoms with E-state index in [9.17, 15) is 0 Å². The van der Waals surface area contributed by atoms with Gasteiger partial charge in [0.1, 0.15) is 0 Å². The Hall–Kier alpha value is 0.516. The molecule has 34 heavy (non-hydrogen) atoms. The van der Waals surface area contributed by atoms with Crippen LogP contribution in [-0.2, 0) is 131 Å². The Morgan fingerprint density at radius 3 is 0.765 bits per heavy atom. The predicted octanol–water partition coefficient (Wildman–Crippen LogP) is 6.75. The van der Waals surface area contributed by atoms with E-state index < -0.39 is 0 Å². The molecule has 0 aliphatic rings. The van der Waals surface area contributed by atoms with E-state index in [4.69, 9.17) is 0 Å². The molecule has 0 fully saturated rings. The Bertz CT molecular complexity index is 1130. The van der Waals surface area contributed by atoms with Crippen LogP contribution in [0.5, 0.6) is 0 Å². The summed E-state index contributed by atoms with van der Waals surface area (Å²) in [4.78, 5) is 0. The Morgan fingerprint density at radius 1 is 0.294 bits per heavy atom. The van der Waals surface area contributed by atoms with Crippen molar-refractivity contribution >= 4 is 0 Å². The first kappa shape index (κ1) is 32.5. The first-order valence-corrected chi connectivity index (χ1v) is 9.62. The van der Waals surface area contributed by atoms with Gasteiger partial charge in [-0.1, -0.05) is 0 Å². The van der Waals surface area contributed by atoms with Gasteiger partial charge in [0, 0.05) is 131 Å². The topological polar surface area (TPSA) is 0 Å². The van der Waals surface area contributed by atoms with Crippen LogP contribution in [-0.4, -0.2) is 0 Å². The normalized spacial score (nSPS) is 9.41. The molecule has 4 heteroatoms. The van der Waals surface area contributed by atoms with Gasteiger partial charge < -0.3 is 0 Å². The fourth-order valence-electron chi connectivity index (χ4n) is 3.20. The van der Waals surface area contributed by atoms with Crippen LogP contribution in [0.25, 0.3) is 44.5 Å². The average molecular weight is 730 g/mol. The zero-order valence-electron chi connectivity index (χ0n) is 18.4. The van der Waals surface area contributed by atoms with Crippen LogP contribution < -0.4 is 0 Å². The molecular formula is C30H14Y4-8. The van der Waals surface area contributed by atoms with E-state index in [1.165, 1.54) is 0 Å². The predicted molar refractivity (Wildman–Crippen MR) is 119 cm³/mol. The molecule has 0 aliphatic heterocycles. The van der Waals surface area contributed by atoms with Crippen LogP contribution in [0.1, 0.15) is 0 Å². The molecule has 0 N–H and O–H groups in total. The summed E-state index contributed by atoms with van der Waals surface area (Å²) < 4.78 is 0. The molecular weight excluding hydrogens is 716 g/mol. The van der Waals surface area contributed by atoms with Crippen molar-refractivity contribution in [2.24, 2.45) is 0 Å². The fourth-order valence-corrected chi connectivity index (χ4v) is 3.20. The maximum absolute atomic E-state index is 3.33. The smallest absolute Gasteiger partial charge is 0 e. The molecule has 0 saturated heterocycles. The Kier molecular flexibility index (Phi) is 15.7. The molecule has 4 radical (unpaired) electrons. The Labute approximate surface area is 303 Å². The van der Waals surface area contributed by atoms with Gasteiger partial charge in [0.05, 0.1) is 0 Å². The molecule has 0 amide bonds. The van der Waals surface area contributed by atoms with Crippen molar-refractivity contribution in [1.82, 2.24) is 0 Å². The van der Waals surface area contributed by atoms with Gasteiger partial charge in [-0.15, -0.1) is 12.1 Å².